The van der Waals surface area contributed by atoms with E-state index >= 15 is 0 Å². The van der Waals surface area contributed by atoms with E-state index in [1.54, 1.807) is 112 Å². The van der Waals surface area contributed by atoms with Crippen LogP contribution in [0.15, 0.2) is 104 Å². The molecular weight excluding hydrogens is 1060 g/mol. The second kappa shape index (κ2) is 34.0. The molecule has 0 fully saturated rings. The molecule has 21 nitrogen and oxygen atoms in total. The van der Waals surface area contributed by atoms with E-state index in [4.69, 9.17) is 5.73 Å². The lowest BCUT2D eigenvalue weighted by molar-refractivity contribution is -0.142. The van der Waals surface area contributed by atoms with Gasteiger partial charge in [0.1, 0.15) is 48.3 Å². The minimum atomic E-state index is -1.29. The zero-order valence-electron chi connectivity index (χ0n) is 46.5. The van der Waals surface area contributed by atoms with Crippen molar-refractivity contribution in [3.8, 4) is 0 Å². The van der Waals surface area contributed by atoms with Crippen LogP contribution in [-0.2, 0) is 68.8 Å². The van der Waals surface area contributed by atoms with Crippen molar-refractivity contribution in [3.05, 3.63) is 126 Å². The van der Waals surface area contributed by atoms with Gasteiger partial charge in [0.15, 0.2) is 0 Å². The van der Waals surface area contributed by atoms with Gasteiger partial charge in [-0.3, -0.25) is 38.4 Å². The molecule has 3 aromatic carbocycles. The summed E-state index contributed by atoms with van der Waals surface area (Å²) in [6.45, 7) is 8.45. The van der Waals surface area contributed by atoms with Crippen LogP contribution in [-0.4, -0.2) is 147 Å². The first-order valence-corrected chi connectivity index (χ1v) is 29.5. The van der Waals surface area contributed by atoms with Gasteiger partial charge in [-0.25, -0.2) is 9.78 Å². The molecule has 10 atom stereocenters. The van der Waals surface area contributed by atoms with Crippen molar-refractivity contribution in [1.82, 2.24) is 52.5 Å². The Morgan fingerprint density at radius 3 is 1.35 bits per heavy atom. The average Bonchev–Trinajstić information content (AvgIpc) is 3.97. The van der Waals surface area contributed by atoms with Gasteiger partial charge in [0.05, 0.1) is 12.4 Å². The molecule has 4 rings (SSSR count). The number of aliphatic carboxylic acids is 1. The molecule has 0 radical (unpaired) electrons. The first-order valence-electron chi connectivity index (χ1n) is 26.7. The summed E-state index contributed by atoms with van der Waals surface area (Å²) in [5.41, 5.74) is 8.78. The van der Waals surface area contributed by atoms with Crippen molar-refractivity contribution in [3.63, 3.8) is 0 Å². The van der Waals surface area contributed by atoms with Crippen molar-refractivity contribution >= 4 is 76.8 Å². The molecule has 4 aromatic rings. The lowest BCUT2D eigenvalue weighted by Crippen LogP contribution is -2.62. The van der Waals surface area contributed by atoms with Gasteiger partial charge in [-0.05, 0) is 72.3 Å². The van der Waals surface area contributed by atoms with E-state index < -0.39 is 119 Å². The number of carbonyl (C=O) groups is 9. The zero-order chi connectivity index (χ0) is 58.7. The maximum Gasteiger partial charge on any atom is 0.326 e. The monoisotopic (exact) mass is 1140 g/mol. The van der Waals surface area contributed by atoms with Gasteiger partial charge in [-0.15, -0.1) is 0 Å². The molecule has 12 N–H and O–H groups in total. The van der Waals surface area contributed by atoms with E-state index in [0.717, 1.165) is 0 Å². The highest BCUT2D eigenvalue weighted by atomic mass is 32.2. The number of carbonyl (C=O) groups excluding carboxylic acids is 8. The van der Waals surface area contributed by atoms with E-state index in [0.29, 0.717) is 40.3 Å². The molecule has 434 valence electrons. The summed E-state index contributed by atoms with van der Waals surface area (Å²) in [5.74, 6) is -6.96. The van der Waals surface area contributed by atoms with Gasteiger partial charge in [0.2, 0.25) is 47.3 Å². The third kappa shape index (κ3) is 21.8. The molecule has 0 aliphatic heterocycles. The van der Waals surface area contributed by atoms with Gasteiger partial charge in [-0.1, -0.05) is 125 Å². The Balaban J connectivity index is 1.55. The number of nitrogens with one attached hydrogen (secondary N) is 9. The summed E-state index contributed by atoms with van der Waals surface area (Å²) < 4.78 is 0. The second-order valence-corrected chi connectivity index (χ2v) is 22.0. The highest BCUT2D eigenvalue weighted by molar-refractivity contribution is 7.98. The predicted octanol–water partition coefficient (Wildman–Crippen LogP) is 2.20. The molecular formula is C57H79N11O10S2. The fourth-order valence-corrected chi connectivity index (χ4v) is 9.34. The fourth-order valence-electron chi connectivity index (χ4n) is 8.40. The summed E-state index contributed by atoms with van der Waals surface area (Å²) in [6, 6.07) is 15.9. The van der Waals surface area contributed by atoms with Crippen molar-refractivity contribution in [1.29, 1.82) is 0 Å². The van der Waals surface area contributed by atoms with E-state index in [-0.39, 0.29) is 38.5 Å². The Labute approximate surface area is 476 Å². The van der Waals surface area contributed by atoms with Gasteiger partial charge < -0.3 is 58.4 Å². The molecule has 1 heterocycles. The highest BCUT2D eigenvalue weighted by Crippen LogP contribution is 2.15. The van der Waals surface area contributed by atoms with E-state index in [1.165, 1.54) is 43.0 Å². The maximum absolute atomic E-state index is 14.6. The molecule has 23 heteroatoms. The molecule has 0 aliphatic rings. The lowest BCUT2D eigenvalue weighted by atomic mass is 9.96. The minimum absolute atomic E-state index is 0.00496. The number of benzene rings is 3. The number of aromatic nitrogens is 2. The van der Waals surface area contributed by atoms with Crippen LogP contribution in [0.1, 0.15) is 76.3 Å². The number of carboxylic acid groups (broad SMARTS) is 1. The summed E-state index contributed by atoms with van der Waals surface area (Å²) in [6.07, 6.45) is 7.46. The van der Waals surface area contributed by atoms with Gasteiger partial charge in [0.25, 0.3) is 0 Å². The normalized spacial score (nSPS) is 14.9. The van der Waals surface area contributed by atoms with Crippen LogP contribution in [0.2, 0.25) is 0 Å². The van der Waals surface area contributed by atoms with E-state index in [2.05, 4.69) is 52.5 Å². The first-order chi connectivity index (χ1) is 38.2. The molecule has 0 saturated carbocycles. The number of aromatic amines is 1. The Morgan fingerprint density at radius 1 is 0.512 bits per heavy atom. The second-order valence-electron chi connectivity index (χ2n) is 20.0. The number of hydrogen-bond acceptors (Lipinski definition) is 13. The van der Waals surface area contributed by atoms with Crippen molar-refractivity contribution in [2.45, 2.75) is 134 Å². The predicted molar refractivity (Wildman–Crippen MR) is 310 cm³/mol. The quantitative estimate of drug-likeness (QED) is 0.0320. The summed E-state index contributed by atoms with van der Waals surface area (Å²) in [5, 5.41) is 31.9. The number of amides is 8. The van der Waals surface area contributed by atoms with Crippen LogP contribution < -0.4 is 48.3 Å². The number of rotatable bonds is 34. The molecule has 0 saturated heterocycles. The van der Waals surface area contributed by atoms with Gasteiger partial charge >= 0.3 is 5.97 Å². The SMILES string of the molecule is CC[C@H](C)[C@H](NC(=O)[C@H](CCSC)NC(=O)[C@@H](NC(=O)[C@H](Cc1ccccc1)NC(=O)[C@H](C)NC(=O)[C@@H](N)Cc1cnc[nH]1)C(C)C)C(=O)N[C@@H](Cc1ccccc1)C(=O)N[C@@H](Cc1ccccc1)C(=O)N[C@@H](CCSC)C(=O)O. The largest absolute Gasteiger partial charge is 0.480 e. The molecule has 0 spiro atoms. The number of H-pyrrole nitrogens is 1. The summed E-state index contributed by atoms with van der Waals surface area (Å²) >= 11 is 2.85. The number of hydrogen-bond donors (Lipinski definition) is 11. The van der Waals surface area contributed by atoms with Crippen LogP contribution in [0.25, 0.3) is 0 Å². The van der Waals surface area contributed by atoms with Gasteiger partial charge in [-0.2, -0.15) is 23.5 Å². The topological polar surface area (TPSA) is 325 Å². The Kier molecular flexibility index (Phi) is 27.8. The van der Waals surface area contributed by atoms with Crippen molar-refractivity contribution in [2.75, 3.05) is 24.0 Å². The molecule has 0 bridgehead atoms. The fraction of sp³-hybridized carbons (Fsp3) is 0.474. The Hall–Kier alpha value is -7.24. The number of carboxylic acids is 1. The summed E-state index contributed by atoms with van der Waals surface area (Å²) in [4.78, 5) is 132. The third-order valence-electron chi connectivity index (χ3n) is 13.3. The van der Waals surface area contributed by atoms with E-state index in [1.807, 2.05) is 19.4 Å². The minimum Gasteiger partial charge on any atom is -0.480 e. The van der Waals surface area contributed by atoms with Crippen LogP contribution in [0.4, 0.5) is 0 Å². The maximum atomic E-state index is 14.6. The zero-order valence-corrected chi connectivity index (χ0v) is 48.1. The third-order valence-corrected chi connectivity index (χ3v) is 14.6. The van der Waals surface area contributed by atoms with E-state index in [9.17, 15) is 48.3 Å². The number of imidazole rings is 1. The average molecular weight is 1140 g/mol. The van der Waals surface area contributed by atoms with Gasteiger partial charge in [0, 0.05) is 37.6 Å². The Morgan fingerprint density at radius 2 is 0.912 bits per heavy atom. The summed E-state index contributed by atoms with van der Waals surface area (Å²) in [7, 11) is 0. The van der Waals surface area contributed by atoms with Crippen molar-refractivity contribution in [2.24, 2.45) is 17.6 Å². The standard InChI is InChI=1S/C57H79N11O10S2/c1-8-35(4)48(56(76)66-45(29-38-20-14-10-15-21-38)53(73)65-44(28-37-18-12-9-13-19-37)52(72)63-43(57(77)78)25-27-80-7)68-51(71)42(24-26-79-6)62-55(75)47(34(2)3)67-54(74)46(30-39-22-16-11-17-23-39)64-49(69)36(5)61-50(70)41(58)31-40-32-59-33-60-40/h9-23,32-36,41-48H,8,24-31,58H2,1-7H3,(H,59,60)(H,61,70)(H,62,75)(H,63,72)(H,64,69)(H,65,73)(H,66,76)(H,67,74)(H,68,71)(H,77,78)/t35-,36-,41-,42-,43-,44-,45-,46-,47-,48-/m0/s1. The Bertz CT molecular complexity index is 2620. The highest BCUT2D eigenvalue weighted by Gasteiger charge is 2.37. The van der Waals surface area contributed by atoms with Crippen molar-refractivity contribution < 1.29 is 48.3 Å². The van der Waals surface area contributed by atoms with Crippen LogP contribution in [0, 0.1) is 11.8 Å². The van der Waals surface area contributed by atoms with Crippen LogP contribution in [0.5, 0.6) is 0 Å². The van der Waals surface area contributed by atoms with Crippen LogP contribution in [0.3, 0.4) is 0 Å². The number of nitrogens with zero attached hydrogens (tertiary/aromatic N) is 1. The molecule has 8 amide bonds. The molecule has 0 aliphatic carbocycles. The molecule has 1 aromatic heterocycles. The number of nitrogens with two attached hydrogens (primary N) is 1. The lowest BCUT2D eigenvalue weighted by Gasteiger charge is -2.30. The first kappa shape index (κ1) is 65.3. The van der Waals surface area contributed by atoms with Crippen LogP contribution >= 0.6 is 23.5 Å². The molecule has 0 unspecified atom stereocenters. The number of thioether (sulfide) groups is 2. The molecule has 80 heavy (non-hydrogen) atoms. The smallest absolute Gasteiger partial charge is 0.326 e.